The van der Waals surface area contributed by atoms with Crippen LogP contribution in [0.1, 0.15) is 27.8 Å². The van der Waals surface area contributed by atoms with E-state index < -0.39 is 0 Å². The summed E-state index contributed by atoms with van der Waals surface area (Å²) in [6.07, 6.45) is 2.33. The van der Waals surface area contributed by atoms with E-state index in [4.69, 9.17) is 0 Å². The Bertz CT molecular complexity index is 1530. The normalized spacial score (nSPS) is 12.9. The van der Waals surface area contributed by atoms with Gasteiger partial charge in [0.2, 0.25) is 0 Å². The maximum Gasteiger partial charge on any atom is 0.0462 e. The summed E-state index contributed by atoms with van der Waals surface area (Å²) in [7, 11) is 0. The maximum atomic E-state index is 2.41. The van der Waals surface area contributed by atoms with E-state index in [0.29, 0.717) is 0 Å². The molecule has 0 heterocycles. The molecule has 1 aliphatic carbocycles. The Balaban J connectivity index is 1.41. The third kappa shape index (κ3) is 4.27. The molecule has 0 saturated carbocycles. The Morgan fingerprint density at radius 3 is 1.61 bits per heavy atom. The van der Waals surface area contributed by atoms with E-state index in [1.54, 1.807) is 0 Å². The maximum absolute atomic E-state index is 2.41. The molecule has 0 saturated heterocycles. The second kappa shape index (κ2) is 9.44. The minimum Gasteiger partial charge on any atom is -0.311 e. The minimum absolute atomic E-state index is 1.15. The van der Waals surface area contributed by atoms with Gasteiger partial charge in [-0.15, -0.1) is 0 Å². The van der Waals surface area contributed by atoms with E-state index in [9.17, 15) is 0 Å². The lowest BCUT2D eigenvalue weighted by Gasteiger charge is -2.26. The van der Waals surface area contributed by atoms with Crippen LogP contribution in [0.2, 0.25) is 0 Å². The number of halogens is 1. The Morgan fingerprint density at radius 2 is 1.03 bits per heavy atom. The average Bonchev–Trinajstić information content (AvgIpc) is 3.20. The molecule has 0 bridgehead atoms. The van der Waals surface area contributed by atoms with Gasteiger partial charge in [-0.05, 0) is 124 Å². The molecule has 0 amide bonds. The highest BCUT2D eigenvalue weighted by Crippen LogP contribution is 2.45. The van der Waals surface area contributed by atoms with Crippen molar-refractivity contribution in [3.05, 3.63) is 147 Å². The fourth-order valence-corrected chi connectivity index (χ4v) is 5.44. The van der Waals surface area contributed by atoms with Crippen LogP contribution in [0.3, 0.4) is 0 Å². The van der Waals surface area contributed by atoms with Gasteiger partial charge in [0.05, 0.1) is 0 Å². The lowest BCUT2D eigenvalue weighted by Crippen LogP contribution is -2.09. The lowest BCUT2D eigenvalue weighted by molar-refractivity contribution is 1.27. The topological polar surface area (TPSA) is 3.24 Å². The van der Waals surface area contributed by atoms with Crippen molar-refractivity contribution in [3.8, 4) is 11.1 Å². The summed E-state index contributed by atoms with van der Waals surface area (Å²) < 4.78 is 1.26. The smallest absolute Gasteiger partial charge is 0.0462 e. The summed E-state index contributed by atoms with van der Waals surface area (Å²) in [4.78, 5) is 2.32. The first kappa shape index (κ1) is 22.8. The van der Waals surface area contributed by atoms with Crippen molar-refractivity contribution in [3.63, 3.8) is 0 Å². The highest BCUT2D eigenvalue weighted by Gasteiger charge is 2.23. The number of aryl methyl sites for hydroxylation is 2. The molecule has 2 heteroatoms. The molecule has 1 aliphatic rings. The van der Waals surface area contributed by atoms with Gasteiger partial charge in [0.1, 0.15) is 0 Å². The third-order valence-electron chi connectivity index (χ3n) is 6.83. The molecule has 36 heavy (non-hydrogen) atoms. The van der Waals surface area contributed by atoms with Gasteiger partial charge in [-0.25, -0.2) is 0 Å². The first-order valence-electron chi connectivity index (χ1n) is 12.2. The largest absolute Gasteiger partial charge is 0.311 e. The van der Waals surface area contributed by atoms with E-state index in [2.05, 4.69) is 163 Å². The van der Waals surface area contributed by atoms with Crippen molar-refractivity contribution < 1.29 is 0 Å². The number of fused-ring (bicyclic) bond motifs is 3. The van der Waals surface area contributed by atoms with Crippen molar-refractivity contribution in [2.45, 2.75) is 13.8 Å². The van der Waals surface area contributed by atoms with E-state index in [-0.39, 0.29) is 0 Å². The van der Waals surface area contributed by atoms with Crippen LogP contribution in [0.4, 0.5) is 17.1 Å². The molecule has 0 aromatic heterocycles. The highest BCUT2D eigenvalue weighted by molar-refractivity contribution is 14.1. The molecule has 0 N–H and O–H groups in total. The third-order valence-corrected chi connectivity index (χ3v) is 7.50. The summed E-state index contributed by atoms with van der Waals surface area (Å²) in [6.45, 7) is 4.26. The fraction of sp³-hybridized carbons (Fsp3) is 0.0588. The van der Waals surface area contributed by atoms with Crippen LogP contribution < -0.4 is 4.90 Å². The SMILES string of the molecule is Cc1ccc(N(c2ccc(C)cc2)c2ccc(C=C3c4ccccc4-c4ccc(I)cc43)cc2)cc1. The van der Waals surface area contributed by atoms with Crippen LogP contribution in [0, 0.1) is 17.4 Å². The molecule has 0 fully saturated rings. The highest BCUT2D eigenvalue weighted by atomic mass is 127. The van der Waals surface area contributed by atoms with Crippen LogP contribution >= 0.6 is 22.6 Å². The molecule has 0 aliphatic heterocycles. The predicted octanol–water partition coefficient (Wildman–Crippen LogP) is 9.95. The molecule has 5 aromatic carbocycles. The number of anilines is 3. The standard InChI is InChI=1S/C34H26IN/c1-23-7-14-27(15-8-23)36(28-16-9-24(2)10-17-28)29-18-11-25(12-19-29)21-33-31-6-4-3-5-30(31)32-20-13-26(35)22-34(32)33/h3-22H,1-2H3. The van der Waals surface area contributed by atoms with Crippen molar-refractivity contribution in [2.24, 2.45) is 0 Å². The first-order valence-corrected chi connectivity index (χ1v) is 13.3. The van der Waals surface area contributed by atoms with Gasteiger partial charge in [0, 0.05) is 20.6 Å². The Labute approximate surface area is 226 Å². The van der Waals surface area contributed by atoms with Crippen LogP contribution in [0.5, 0.6) is 0 Å². The molecule has 5 aromatic rings. The first-order chi connectivity index (χ1) is 17.6. The van der Waals surface area contributed by atoms with Gasteiger partial charge >= 0.3 is 0 Å². The van der Waals surface area contributed by atoms with Gasteiger partial charge < -0.3 is 4.90 Å². The summed E-state index contributed by atoms with van der Waals surface area (Å²) in [5, 5.41) is 0. The molecule has 0 spiro atoms. The zero-order valence-electron chi connectivity index (χ0n) is 20.4. The summed E-state index contributed by atoms with van der Waals surface area (Å²) in [5.41, 5.74) is 13.7. The van der Waals surface area contributed by atoms with Gasteiger partial charge in [-0.1, -0.05) is 77.9 Å². The van der Waals surface area contributed by atoms with E-state index >= 15 is 0 Å². The number of rotatable bonds is 4. The second-order valence-corrected chi connectivity index (χ2v) is 10.6. The van der Waals surface area contributed by atoms with Crippen LogP contribution in [0.15, 0.2) is 115 Å². The van der Waals surface area contributed by atoms with Crippen molar-refractivity contribution in [1.29, 1.82) is 0 Å². The number of hydrogen-bond donors (Lipinski definition) is 0. The fourth-order valence-electron chi connectivity index (χ4n) is 4.95. The minimum atomic E-state index is 1.15. The van der Waals surface area contributed by atoms with E-state index in [1.807, 2.05) is 0 Å². The predicted molar refractivity (Wildman–Crippen MR) is 162 cm³/mol. The van der Waals surface area contributed by atoms with E-state index in [0.717, 1.165) is 17.1 Å². The molecular formula is C34H26IN. The van der Waals surface area contributed by atoms with Gasteiger partial charge in [-0.2, -0.15) is 0 Å². The number of nitrogens with zero attached hydrogens (tertiary/aromatic N) is 1. The molecule has 1 nitrogen and oxygen atoms in total. The Hall–Kier alpha value is -3.63. The summed E-state index contributed by atoms with van der Waals surface area (Å²) in [6, 6.07) is 41.8. The zero-order chi connectivity index (χ0) is 24.6. The molecule has 6 rings (SSSR count). The average molecular weight is 575 g/mol. The molecule has 174 valence electrons. The van der Waals surface area contributed by atoms with E-state index in [1.165, 1.54) is 48.1 Å². The van der Waals surface area contributed by atoms with Gasteiger partial charge in [0.25, 0.3) is 0 Å². The molecule has 0 radical (unpaired) electrons. The quantitative estimate of drug-likeness (QED) is 0.189. The molecular weight excluding hydrogens is 549 g/mol. The lowest BCUT2D eigenvalue weighted by atomic mass is 10.0. The van der Waals surface area contributed by atoms with Crippen LogP contribution in [-0.4, -0.2) is 0 Å². The van der Waals surface area contributed by atoms with Crippen LogP contribution in [-0.2, 0) is 0 Å². The monoisotopic (exact) mass is 575 g/mol. The summed E-state index contributed by atoms with van der Waals surface area (Å²) >= 11 is 2.41. The Morgan fingerprint density at radius 1 is 0.528 bits per heavy atom. The number of benzene rings is 5. The van der Waals surface area contributed by atoms with Gasteiger partial charge in [0.15, 0.2) is 0 Å². The van der Waals surface area contributed by atoms with Gasteiger partial charge in [-0.3, -0.25) is 0 Å². The zero-order valence-corrected chi connectivity index (χ0v) is 22.5. The molecule has 0 atom stereocenters. The van der Waals surface area contributed by atoms with Crippen molar-refractivity contribution >= 4 is 51.3 Å². The second-order valence-electron chi connectivity index (χ2n) is 9.39. The van der Waals surface area contributed by atoms with Crippen molar-refractivity contribution in [1.82, 2.24) is 0 Å². The van der Waals surface area contributed by atoms with Crippen LogP contribution in [0.25, 0.3) is 22.8 Å². The van der Waals surface area contributed by atoms with Crippen molar-refractivity contribution in [2.75, 3.05) is 4.90 Å². The summed E-state index contributed by atoms with van der Waals surface area (Å²) in [5.74, 6) is 0. The Kier molecular flexibility index (Phi) is 5.98. The number of hydrogen-bond acceptors (Lipinski definition) is 1. The molecule has 0 unspecified atom stereocenters.